The van der Waals surface area contributed by atoms with Gasteiger partial charge in [0.2, 0.25) is 5.95 Å². The van der Waals surface area contributed by atoms with Gasteiger partial charge < -0.3 is 10.6 Å². The highest BCUT2D eigenvalue weighted by Gasteiger charge is 2.26. The normalized spacial score (nSPS) is 16.0. The predicted molar refractivity (Wildman–Crippen MR) is 138 cm³/mol. The van der Waals surface area contributed by atoms with Crippen LogP contribution in [0.4, 0.5) is 5.95 Å². The minimum Gasteiger partial charge on any atom is -0.341 e. The highest BCUT2D eigenvalue weighted by molar-refractivity contribution is 5.87. The smallest absolute Gasteiger partial charge is 0.332 e. The topological polar surface area (TPSA) is 104 Å². The molecule has 9 nitrogen and oxygen atoms in total. The number of nitrogens with two attached hydrogens (primary N) is 1. The SMILES string of the molecule is CC#CCn1c(N2CCC[C@H](N)C2)nc2c1c(=O)n(Cc1ncc(C)c3ccccc13)c(=O)n2C. The van der Waals surface area contributed by atoms with Crippen molar-refractivity contribution in [3.05, 3.63) is 62.6 Å². The molecule has 0 bridgehead atoms. The molecule has 1 aliphatic heterocycles. The Morgan fingerprint density at radius 2 is 1.94 bits per heavy atom. The second-order valence-corrected chi connectivity index (χ2v) is 9.11. The molecule has 180 valence electrons. The first-order valence-electron chi connectivity index (χ1n) is 11.8. The number of fused-ring (bicyclic) bond motifs is 2. The van der Waals surface area contributed by atoms with Crippen molar-refractivity contribution in [2.45, 2.75) is 45.8 Å². The molecule has 1 saturated heterocycles. The minimum atomic E-state index is -0.429. The molecule has 0 unspecified atom stereocenters. The van der Waals surface area contributed by atoms with Gasteiger partial charge in [-0.1, -0.05) is 30.2 Å². The lowest BCUT2D eigenvalue weighted by Gasteiger charge is -2.31. The molecular formula is C26H29N7O2. The molecule has 1 aliphatic rings. The highest BCUT2D eigenvalue weighted by atomic mass is 16.2. The van der Waals surface area contributed by atoms with Crippen LogP contribution >= 0.6 is 0 Å². The average Bonchev–Trinajstić information content (AvgIpc) is 3.25. The number of rotatable bonds is 4. The van der Waals surface area contributed by atoms with Crippen molar-refractivity contribution < 1.29 is 0 Å². The molecular weight excluding hydrogens is 442 g/mol. The zero-order valence-electron chi connectivity index (χ0n) is 20.3. The zero-order valence-corrected chi connectivity index (χ0v) is 20.3. The van der Waals surface area contributed by atoms with Crippen molar-refractivity contribution in [2.75, 3.05) is 18.0 Å². The summed E-state index contributed by atoms with van der Waals surface area (Å²) in [5.41, 5.74) is 7.83. The van der Waals surface area contributed by atoms with Crippen LogP contribution in [0.5, 0.6) is 0 Å². The number of nitrogens with zero attached hydrogens (tertiary/aromatic N) is 6. The number of hydrogen-bond donors (Lipinski definition) is 1. The number of imidazole rings is 1. The first kappa shape index (κ1) is 22.9. The van der Waals surface area contributed by atoms with Crippen LogP contribution < -0.4 is 21.9 Å². The van der Waals surface area contributed by atoms with Crippen LogP contribution in [0.2, 0.25) is 0 Å². The van der Waals surface area contributed by atoms with Crippen molar-refractivity contribution in [3.63, 3.8) is 0 Å². The summed E-state index contributed by atoms with van der Waals surface area (Å²) in [4.78, 5) is 38.6. The summed E-state index contributed by atoms with van der Waals surface area (Å²) in [6.07, 6.45) is 3.68. The van der Waals surface area contributed by atoms with E-state index < -0.39 is 11.2 Å². The van der Waals surface area contributed by atoms with Crippen LogP contribution in [-0.2, 0) is 20.1 Å². The molecule has 1 atom stereocenters. The number of aromatic nitrogens is 5. The molecule has 2 N–H and O–H groups in total. The van der Waals surface area contributed by atoms with Gasteiger partial charge in [-0.2, -0.15) is 4.98 Å². The molecule has 3 aromatic heterocycles. The molecule has 1 aromatic carbocycles. The summed E-state index contributed by atoms with van der Waals surface area (Å²) >= 11 is 0. The lowest BCUT2D eigenvalue weighted by Crippen LogP contribution is -2.44. The molecule has 35 heavy (non-hydrogen) atoms. The monoisotopic (exact) mass is 471 g/mol. The van der Waals surface area contributed by atoms with Gasteiger partial charge in [0.25, 0.3) is 5.56 Å². The molecule has 0 spiro atoms. The van der Waals surface area contributed by atoms with Gasteiger partial charge in [0.15, 0.2) is 11.2 Å². The Kier molecular flexibility index (Phi) is 5.91. The van der Waals surface area contributed by atoms with Crippen molar-refractivity contribution in [1.29, 1.82) is 0 Å². The van der Waals surface area contributed by atoms with Gasteiger partial charge in [0, 0.05) is 37.8 Å². The van der Waals surface area contributed by atoms with E-state index >= 15 is 0 Å². The van der Waals surface area contributed by atoms with Crippen LogP contribution in [0.3, 0.4) is 0 Å². The van der Waals surface area contributed by atoms with Crippen LogP contribution in [-0.4, -0.2) is 42.8 Å². The summed E-state index contributed by atoms with van der Waals surface area (Å²) in [5.74, 6) is 6.59. The van der Waals surface area contributed by atoms with Crippen molar-refractivity contribution >= 4 is 27.9 Å². The van der Waals surface area contributed by atoms with Crippen molar-refractivity contribution in [1.82, 2.24) is 23.7 Å². The number of aryl methyl sites for hydroxylation is 2. The van der Waals surface area contributed by atoms with Gasteiger partial charge in [-0.3, -0.25) is 23.5 Å². The van der Waals surface area contributed by atoms with E-state index in [-0.39, 0.29) is 12.6 Å². The highest BCUT2D eigenvalue weighted by Crippen LogP contribution is 2.24. The Labute approximate surface area is 202 Å². The van der Waals surface area contributed by atoms with Crippen LogP contribution in [0, 0.1) is 18.8 Å². The van der Waals surface area contributed by atoms with Gasteiger partial charge in [0.05, 0.1) is 18.8 Å². The molecule has 4 aromatic rings. The van der Waals surface area contributed by atoms with Crippen LogP contribution in [0.25, 0.3) is 21.9 Å². The fourth-order valence-electron chi connectivity index (χ4n) is 4.91. The standard InChI is InChI=1S/C26H29N7O2/c1-4-5-13-32-22-23(29-25(32)31-12-8-9-18(27)15-31)30(3)26(35)33(24(22)34)16-21-20-11-7-6-10-19(20)17(2)14-28-21/h6-7,10-11,14,18H,8-9,12-13,15-16,27H2,1-3H3/t18-/m0/s1. The minimum absolute atomic E-state index is 0.0376. The van der Waals surface area contributed by atoms with Gasteiger partial charge in [-0.15, -0.1) is 5.92 Å². The van der Waals surface area contributed by atoms with E-state index in [1.165, 1.54) is 9.13 Å². The second-order valence-electron chi connectivity index (χ2n) is 9.11. The van der Waals surface area contributed by atoms with Gasteiger partial charge in [0.1, 0.15) is 0 Å². The van der Waals surface area contributed by atoms with Gasteiger partial charge in [-0.05, 0) is 37.6 Å². The maximum atomic E-state index is 13.8. The van der Waals surface area contributed by atoms with E-state index in [2.05, 4.69) is 21.7 Å². The lowest BCUT2D eigenvalue weighted by atomic mass is 10.1. The van der Waals surface area contributed by atoms with E-state index in [1.54, 1.807) is 20.2 Å². The third-order valence-electron chi connectivity index (χ3n) is 6.75. The Bertz CT molecular complexity index is 1620. The molecule has 0 aliphatic carbocycles. The second kappa shape index (κ2) is 9.04. The van der Waals surface area contributed by atoms with Gasteiger partial charge in [-0.25, -0.2) is 4.79 Å². The van der Waals surface area contributed by atoms with E-state index in [4.69, 9.17) is 10.7 Å². The average molecular weight is 472 g/mol. The molecule has 0 radical (unpaired) electrons. The molecule has 4 heterocycles. The maximum absolute atomic E-state index is 13.8. The van der Waals surface area contributed by atoms with Crippen molar-refractivity contribution in [2.24, 2.45) is 12.8 Å². The zero-order chi connectivity index (χ0) is 24.7. The lowest BCUT2D eigenvalue weighted by molar-refractivity contribution is 0.496. The summed E-state index contributed by atoms with van der Waals surface area (Å²) < 4.78 is 4.51. The summed E-state index contributed by atoms with van der Waals surface area (Å²) in [6, 6.07) is 7.93. The Hall–Kier alpha value is -3.90. The number of pyridine rings is 1. The van der Waals surface area contributed by atoms with E-state index in [0.29, 0.717) is 35.9 Å². The van der Waals surface area contributed by atoms with E-state index in [0.717, 1.165) is 35.7 Å². The van der Waals surface area contributed by atoms with Gasteiger partial charge >= 0.3 is 5.69 Å². The van der Waals surface area contributed by atoms with Crippen LogP contribution in [0.1, 0.15) is 31.0 Å². The molecule has 9 heteroatoms. The maximum Gasteiger partial charge on any atom is 0.332 e. The summed E-state index contributed by atoms with van der Waals surface area (Å²) in [5, 5.41) is 1.98. The Morgan fingerprint density at radius 3 is 2.69 bits per heavy atom. The largest absolute Gasteiger partial charge is 0.341 e. The molecule has 1 fully saturated rings. The van der Waals surface area contributed by atoms with Crippen molar-refractivity contribution in [3.8, 4) is 11.8 Å². The Balaban J connectivity index is 1.72. The number of piperidine rings is 1. The first-order chi connectivity index (χ1) is 16.9. The number of anilines is 1. The van der Waals surface area contributed by atoms with E-state index in [9.17, 15) is 9.59 Å². The fourth-order valence-corrected chi connectivity index (χ4v) is 4.91. The first-order valence-corrected chi connectivity index (χ1v) is 11.8. The quantitative estimate of drug-likeness (QED) is 0.455. The number of benzene rings is 1. The number of hydrogen-bond acceptors (Lipinski definition) is 6. The fraction of sp³-hybridized carbons (Fsp3) is 0.385. The Morgan fingerprint density at radius 1 is 1.17 bits per heavy atom. The summed E-state index contributed by atoms with van der Waals surface area (Å²) in [7, 11) is 1.65. The third-order valence-corrected chi connectivity index (χ3v) is 6.75. The van der Waals surface area contributed by atoms with Crippen LogP contribution in [0.15, 0.2) is 40.1 Å². The van der Waals surface area contributed by atoms with E-state index in [1.807, 2.05) is 35.8 Å². The molecule has 0 amide bonds. The molecule has 0 saturated carbocycles. The predicted octanol–water partition coefficient (Wildman–Crippen LogP) is 1.75. The summed E-state index contributed by atoms with van der Waals surface area (Å²) in [6.45, 7) is 5.56. The molecule has 5 rings (SSSR count). The third kappa shape index (κ3) is 3.90.